The van der Waals surface area contributed by atoms with Gasteiger partial charge in [0.15, 0.2) is 0 Å². The van der Waals surface area contributed by atoms with Gasteiger partial charge in [-0.2, -0.15) is 9.10 Å². The summed E-state index contributed by atoms with van der Waals surface area (Å²) in [7, 11) is -3.66. The van der Waals surface area contributed by atoms with E-state index in [-0.39, 0.29) is 17.3 Å². The fraction of sp³-hybridized carbons (Fsp3) is 0.333. The number of tetrazole rings is 1. The number of morpholine rings is 1. The third-order valence-electron chi connectivity index (χ3n) is 5.14. The van der Waals surface area contributed by atoms with Crippen LogP contribution in [0.2, 0.25) is 0 Å². The number of hydrogen-bond donors (Lipinski definition) is 1. The van der Waals surface area contributed by atoms with Crippen LogP contribution in [-0.4, -0.2) is 65.1 Å². The first kappa shape index (κ1) is 22.1. The monoisotopic (exact) mass is 456 g/mol. The zero-order valence-corrected chi connectivity index (χ0v) is 18.7. The molecule has 11 heteroatoms. The molecule has 1 fully saturated rings. The van der Waals surface area contributed by atoms with Crippen LogP contribution in [0.1, 0.15) is 11.1 Å². The van der Waals surface area contributed by atoms with Crippen LogP contribution in [-0.2, 0) is 26.1 Å². The molecule has 10 nitrogen and oxygen atoms in total. The maximum absolute atomic E-state index is 12.9. The fourth-order valence-electron chi connectivity index (χ4n) is 3.28. The van der Waals surface area contributed by atoms with Gasteiger partial charge in [0.25, 0.3) is 0 Å². The lowest BCUT2D eigenvalue weighted by Gasteiger charge is -2.26. The van der Waals surface area contributed by atoms with Gasteiger partial charge in [0.1, 0.15) is 6.54 Å². The summed E-state index contributed by atoms with van der Waals surface area (Å²) in [5.41, 5.74) is 3.09. The predicted octanol–water partition coefficient (Wildman–Crippen LogP) is 1.62. The van der Waals surface area contributed by atoms with Crippen LogP contribution in [0.4, 0.5) is 5.69 Å². The average molecular weight is 457 g/mol. The molecule has 3 aromatic rings. The van der Waals surface area contributed by atoms with Crippen LogP contribution in [0, 0.1) is 13.8 Å². The summed E-state index contributed by atoms with van der Waals surface area (Å²) in [5, 5.41) is 14.9. The molecule has 1 saturated heterocycles. The molecular formula is C21H24N6O4S. The molecule has 1 amide bonds. The number of ether oxygens (including phenoxy) is 1. The van der Waals surface area contributed by atoms with E-state index < -0.39 is 10.0 Å². The number of benzene rings is 2. The van der Waals surface area contributed by atoms with Gasteiger partial charge in [-0.15, -0.1) is 10.2 Å². The van der Waals surface area contributed by atoms with E-state index in [9.17, 15) is 13.2 Å². The highest BCUT2D eigenvalue weighted by atomic mass is 32.2. The Morgan fingerprint density at radius 1 is 1.09 bits per heavy atom. The molecule has 1 N–H and O–H groups in total. The highest BCUT2D eigenvalue weighted by Crippen LogP contribution is 2.24. The third kappa shape index (κ3) is 4.85. The minimum Gasteiger partial charge on any atom is -0.379 e. The number of nitrogens with zero attached hydrogens (tertiary/aromatic N) is 5. The van der Waals surface area contributed by atoms with Gasteiger partial charge in [0.05, 0.1) is 18.1 Å². The number of aryl methyl sites for hydroxylation is 2. The summed E-state index contributed by atoms with van der Waals surface area (Å²) in [6.07, 6.45) is 0. The normalized spacial score (nSPS) is 14.9. The second-order valence-electron chi connectivity index (χ2n) is 7.55. The Morgan fingerprint density at radius 3 is 2.53 bits per heavy atom. The maximum atomic E-state index is 12.9. The molecule has 32 heavy (non-hydrogen) atoms. The Hall–Kier alpha value is -3.15. The van der Waals surface area contributed by atoms with E-state index in [1.165, 1.54) is 15.2 Å². The van der Waals surface area contributed by atoms with Crippen molar-refractivity contribution in [2.75, 3.05) is 31.6 Å². The maximum Gasteiger partial charge on any atom is 0.248 e. The first-order chi connectivity index (χ1) is 15.3. The molecule has 0 aliphatic carbocycles. The van der Waals surface area contributed by atoms with Crippen LogP contribution in [0.25, 0.3) is 11.4 Å². The molecule has 2 aromatic carbocycles. The average Bonchev–Trinajstić information content (AvgIpc) is 3.24. The number of sulfonamides is 1. The van der Waals surface area contributed by atoms with Crippen molar-refractivity contribution in [2.45, 2.75) is 25.3 Å². The SMILES string of the molecule is Cc1ccc(-c2nnn(CC(=O)Nc3cc(S(=O)(=O)N4CCOCC4)ccc3C)n2)cc1. The summed E-state index contributed by atoms with van der Waals surface area (Å²) >= 11 is 0. The number of amides is 1. The second-order valence-corrected chi connectivity index (χ2v) is 9.49. The van der Waals surface area contributed by atoms with Gasteiger partial charge in [-0.25, -0.2) is 8.42 Å². The van der Waals surface area contributed by atoms with E-state index in [1.54, 1.807) is 19.1 Å². The van der Waals surface area contributed by atoms with Gasteiger partial charge < -0.3 is 10.1 Å². The lowest BCUT2D eigenvalue weighted by atomic mass is 10.1. The van der Waals surface area contributed by atoms with Crippen LogP contribution in [0.5, 0.6) is 0 Å². The van der Waals surface area contributed by atoms with Gasteiger partial charge in [-0.3, -0.25) is 4.79 Å². The highest BCUT2D eigenvalue weighted by molar-refractivity contribution is 7.89. The number of carbonyl (C=O) groups excluding carboxylic acids is 1. The van der Waals surface area contributed by atoms with Crippen molar-refractivity contribution in [1.82, 2.24) is 24.5 Å². The molecule has 0 unspecified atom stereocenters. The third-order valence-corrected chi connectivity index (χ3v) is 7.03. The fourth-order valence-corrected chi connectivity index (χ4v) is 4.71. The molecule has 0 saturated carbocycles. The Bertz CT molecular complexity index is 1220. The Kier molecular flexibility index (Phi) is 6.31. The largest absolute Gasteiger partial charge is 0.379 e. The minimum atomic E-state index is -3.66. The van der Waals surface area contributed by atoms with E-state index >= 15 is 0 Å². The summed E-state index contributed by atoms with van der Waals surface area (Å²) in [5.74, 6) is 0.0365. The van der Waals surface area contributed by atoms with E-state index in [0.29, 0.717) is 37.8 Å². The van der Waals surface area contributed by atoms with E-state index in [1.807, 2.05) is 31.2 Å². The first-order valence-corrected chi connectivity index (χ1v) is 11.6. The van der Waals surface area contributed by atoms with Crippen molar-refractivity contribution in [3.05, 3.63) is 53.6 Å². The van der Waals surface area contributed by atoms with Crippen molar-refractivity contribution in [1.29, 1.82) is 0 Å². The number of aromatic nitrogens is 4. The number of nitrogens with one attached hydrogen (secondary N) is 1. The van der Waals surface area contributed by atoms with Gasteiger partial charge in [-0.05, 0) is 36.8 Å². The lowest BCUT2D eigenvalue weighted by Crippen LogP contribution is -2.40. The van der Waals surface area contributed by atoms with Crippen molar-refractivity contribution >= 4 is 21.6 Å². The van der Waals surface area contributed by atoms with E-state index in [0.717, 1.165) is 16.7 Å². The molecule has 1 aliphatic rings. The molecule has 0 radical (unpaired) electrons. The number of carbonyl (C=O) groups is 1. The lowest BCUT2D eigenvalue weighted by molar-refractivity contribution is -0.117. The first-order valence-electron chi connectivity index (χ1n) is 10.2. The van der Waals surface area contributed by atoms with Crippen molar-refractivity contribution in [3.63, 3.8) is 0 Å². The quantitative estimate of drug-likeness (QED) is 0.598. The van der Waals surface area contributed by atoms with Gasteiger partial charge in [0, 0.05) is 24.3 Å². The van der Waals surface area contributed by atoms with Gasteiger partial charge in [0.2, 0.25) is 21.8 Å². The zero-order valence-electron chi connectivity index (χ0n) is 17.9. The van der Waals surface area contributed by atoms with Crippen molar-refractivity contribution < 1.29 is 17.9 Å². The summed E-state index contributed by atoms with van der Waals surface area (Å²) in [6.45, 7) is 4.97. The minimum absolute atomic E-state index is 0.126. The van der Waals surface area contributed by atoms with Crippen molar-refractivity contribution in [3.8, 4) is 11.4 Å². The number of rotatable bonds is 6. The molecule has 168 valence electrons. The Balaban J connectivity index is 1.46. The summed E-state index contributed by atoms with van der Waals surface area (Å²) < 4.78 is 32.4. The molecule has 2 heterocycles. The number of anilines is 1. The predicted molar refractivity (Wildman–Crippen MR) is 117 cm³/mol. The highest BCUT2D eigenvalue weighted by Gasteiger charge is 2.27. The van der Waals surface area contributed by atoms with Crippen LogP contribution in [0.3, 0.4) is 0 Å². The standard InChI is InChI=1S/C21H24N6O4S/c1-15-3-6-17(7-4-15)21-23-25-27(24-21)14-20(28)22-19-13-18(8-5-16(19)2)32(29,30)26-9-11-31-12-10-26/h3-8,13H,9-12,14H2,1-2H3,(H,22,28). The molecular weight excluding hydrogens is 432 g/mol. The van der Waals surface area contributed by atoms with Gasteiger partial charge in [-0.1, -0.05) is 35.9 Å². The molecule has 0 spiro atoms. The zero-order chi connectivity index (χ0) is 22.7. The topological polar surface area (TPSA) is 119 Å². The Morgan fingerprint density at radius 2 is 1.81 bits per heavy atom. The van der Waals surface area contributed by atoms with Crippen LogP contribution in [0.15, 0.2) is 47.4 Å². The summed E-state index contributed by atoms with van der Waals surface area (Å²) in [6, 6.07) is 12.4. The second kappa shape index (κ2) is 9.15. The molecule has 0 bridgehead atoms. The van der Waals surface area contributed by atoms with Gasteiger partial charge >= 0.3 is 0 Å². The van der Waals surface area contributed by atoms with E-state index in [4.69, 9.17) is 4.74 Å². The molecule has 4 rings (SSSR count). The summed E-state index contributed by atoms with van der Waals surface area (Å²) in [4.78, 5) is 13.9. The van der Waals surface area contributed by atoms with Crippen molar-refractivity contribution in [2.24, 2.45) is 0 Å². The number of hydrogen-bond acceptors (Lipinski definition) is 7. The van der Waals surface area contributed by atoms with E-state index in [2.05, 4.69) is 20.7 Å². The smallest absolute Gasteiger partial charge is 0.248 e. The molecule has 1 aromatic heterocycles. The molecule has 0 atom stereocenters. The van der Waals surface area contributed by atoms with Crippen LogP contribution >= 0.6 is 0 Å². The Labute approximate surface area is 186 Å². The molecule has 1 aliphatic heterocycles. The van der Waals surface area contributed by atoms with Crippen LogP contribution < -0.4 is 5.32 Å².